The van der Waals surface area contributed by atoms with Gasteiger partial charge in [-0.05, 0) is 31.6 Å². The SMILES string of the molecule is CCC(CC1CC1)N1CCC(=O)NC2(CCCCC2)C1=O. The molecular weight excluding hydrogens is 264 g/mol. The van der Waals surface area contributed by atoms with Crippen LogP contribution in [0, 0.1) is 5.92 Å². The van der Waals surface area contributed by atoms with E-state index in [0.717, 1.165) is 44.4 Å². The van der Waals surface area contributed by atoms with Gasteiger partial charge in [-0.1, -0.05) is 39.0 Å². The van der Waals surface area contributed by atoms with Gasteiger partial charge in [-0.3, -0.25) is 9.59 Å². The predicted octanol–water partition coefficient (Wildman–Crippen LogP) is 2.62. The van der Waals surface area contributed by atoms with E-state index in [9.17, 15) is 9.59 Å². The summed E-state index contributed by atoms with van der Waals surface area (Å²) in [6.45, 7) is 2.78. The highest BCUT2D eigenvalue weighted by molar-refractivity contribution is 5.93. The third kappa shape index (κ3) is 3.09. The smallest absolute Gasteiger partial charge is 0.248 e. The summed E-state index contributed by atoms with van der Waals surface area (Å²) in [5.74, 6) is 1.09. The van der Waals surface area contributed by atoms with Crippen molar-refractivity contribution in [1.29, 1.82) is 0 Å². The highest BCUT2D eigenvalue weighted by Crippen LogP contribution is 2.37. The first-order valence-electron chi connectivity index (χ1n) is 8.77. The Labute approximate surface area is 127 Å². The molecule has 2 aliphatic carbocycles. The summed E-state index contributed by atoms with van der Waals surface area (Å²) < 4.78 is 0. The van der Waals surface area contributed by atoms with Crippen LogP contribution in [0.1, 0.15) is 71.1 Å². The van der Waals surface area contributed by atoms with E-state index in [1.807, 2.05) is 0 Å². The molecule has 21 heavy (non-hydrogen) atoms. The molecule has 4 nitrogen and oxygen atoms in total. The van der Waals surface area contributed by atoms with Gasteiger partial charge in [0.05, 0.1) is 0 Å². The maximum atomic E-state index is 13.2. The summed E-state index contributed by atoms with van der Waals surface area (Å²) in [6, 6.07) is 0.330. The first kappa shape index (κ1) is 14.9. The first-order valence-corrected chi connectivity index (χ1v) is 8.77. The van der Waals surface area contributed by atoms with E-state index in [2.05, 4.69) is 17.1 Å². The summed E-state index contributed by atoms with van der Waals surface area (Å²) >= 11 is 0. The van der Waals surface area contributed by atoms with Gasteiger partial charge >= 0.3 is 0 Å². The lowest BCUT2D eigenvalue weighted by Crippen LogP contribution is -2.59. The van der Waals surface area contributed by atoms with Crippen LogP contribution < -0.4 is 5.32 Å². The predicted molar refractivity (Wildman–Crippen MR) is 81.7 cm³/mol. The molecular formula is C17H28N2O2. The van der Waals surface area contributed by atoms with Crippen molar-refractivity contribution in [2.45, 2.75) is 82.7 Å². The van der Waals surface area contributed by atoms with Crippen LogP contribution >= 0.6 is 0 Å². The van der Waals surface area contributed by atoms with E-state index in [-0.39, 0.29) is 11.8 Å². The van der Waals surface area contributed by atoms with Gasteiger partial charge in [0.15, 0.2) is 0 Å². The third-order valence-electron chi connectivity index (χ3n) is 5.55. The van der Waals surface area contributed by atoms with E-state index in [0.29, 0.717) is 19.0 Å². The van der Waals surface area contributed by atoms with Gasteiger partial charge in [0.2, 0.25) is 11.8 Å². The monoisotopic (exact) mass is 292 g/mol. The minimum Gasteiger partial charge on any atom is -0.342 e. The summed E-state index contributed by atoms with van der Waals surface area (Å²) in [5.41, 5.74) is -0.581. The Kier molecular flexibility index (Phi) is 4.23. The zero-order valence-corrected chi connectivity index (χ0v) is 13.2. The van der Waals surface area contributed by atoms with Crippen LogP contribution in [0.25, 0.3) is 0 Å². The molecule has 3 rings (SSSR count). The van der Waals surface area contributed by atoms with Gasteiger partial charge < -0.3 is 10.2 Å². The van der Waals surface area contributed by atoms with Crippen molar-refractivity contribution in [3.63, 3.8) is 0 Å². The fourth-order valence-corrected chi connectivity index (χ4v) is 4.08. The molecule has 0 radical (unpaired) electrons. The number of carbonyl (C=O) groups excluding carboxylic acids is 2. The second-order valence-corrected chi connectivity index (χ2v) is 7.18. The molecule has 1 spiro atoms. The number of nitrogens with zero attached hydrogens (tertiary/aromatic N) is 1. The van der Waals surface area contributed by atoms with Gasteiger partial charge in [0.25, 0.3) is 0 Å². The minimum atomic E-state index is -0.581. The van der Waals surface area contributed by atoms with Crippen LogP contribution in [-0.2, 0) is 9.59 Å². The van der Waals surface area contributed by atoms with Crippen molar-refractivity contribution in [1.82, 2.24) is 10.2 Å². The molecule has 2 saturated carbocycles. The van der Waals surface area contributed by atoms with Crippen LogP contribution in [0.2, 0.25) is 0 Å². The van der Waals surface area contributed by atoms with Crippen LogP contribution in [-0.4, -0.2) is 34.8 Å². The molecule has 1 atom stereocenters. The molecule has 118 valence electrons. The van der Waals surface area contributed by atoms with E-state index in [1.54, 1.807) is 0 Å². The fraction of sp³-hybridized carbons (Fsp3) is 0.882. The van der Waals surface area contributed by atoms with Crippen LogP contribution in [0.5, 0.6) is 0 Å². The van der Waals surface area contributed by atoms with Crippen molar-refractivity contribution in [3.05, 3.63) is 0 Å². The number of amides is 2. The molecule has 1 saturated heterocycles. The van der Waals surface area contributed by atoms with Gasteiger partial charge in [-0.25, -0.2) is 0 Å². The van der Waals surface area contributed by atoms with Crippen LogP contribution in [0.15, 0.2) is 0 Å². The maximum Gasteiger partial charge on any atom is 0.248 e. The topological polar surface area (TPSA) is 49.4 Å². The molecule has 0 aromatic rings. The molecule has 1 aliphatic heterocycles. The molecule has 1 N–H and O–H groups in total. The van der Waals surface area contributed by atoms with Gasteiger partial charge in [0.1, 0.15) is 5.54 Å². The average Bonchev–Trinajstić information content (AvgIpc) is 3.30. The van der Waals surface area contributed by atoms with E-state index in [1.165, 1.54) is 19.3 Å². The second kappa shape index (κ2) is 5.98. The van der Waals surface area contributed by atoms with Crippen LogP contribution in [0.4, 0.5) is 0 Å². The molecule has 3 aliphatic rings. The van der Waals surface area contributed by atoms with E-state index < -0.39 is 5.54 Å². The highest BCUT2D eigenvalue weighted by Gasteiger charge is 2.46. The molecule has 4 heteroatoms. The number of hydrogen-bond donors (Lipinski definition) is 1. The zero-order chi connectivity index (χ0) is 14.9. The number of nitrogens with one attached hydrogen (secondary N) is 1. The maximum absolute atomic E-state index is 13.2. The lowest BCUT2D eigenvalue weighted by molar-refractivity contribution is -0.142. The van der Waals surface area contributed by atoms with Gasteiger partial charge in [0, 0.05) is 19.0 Å². The molecule has 1 heterocycles. The highest BCUT2D eigenvalue weighted by atomic mass is 16.2. The fourth-order valence-electron chi connectivity index (χ4n) is 4.08. The second-order valence-electron chi connectivity index (χ2n) is 7.18. The lowest BCUT2D eigenvalue weighted by Gasteiger charge is -2.40. The van der Waals surface area contributed by atoms with Crippen molar-refractivity contribution >= 4 is 11.8 Å². The first-order chi connectivity index (χ1) is 10.1. The van der Waals surface area contributed by atoms with Gasteiger partial charge in [-0.15, -0.1) is 0 Å². The standard InChI is InChI=1S/C17H28N2O2/c1-2-14(12-13-6-7-13)19-11-8-15(20)18-17(16(19)21)9-4-3-5-10-17/h13-14H,2-12H2,1H3,(H,18,20). The zero-order valence-electron chi connectivity index (χ0n) is 13.2. The summed E-state index contributed by atoms with van der Waals surface area (Å²) in [5, 5.41) is 3.09. The Bertz CT molecular complexity index is 411. The molecule has 3 fully saturated rings. The van der Waals surface area contributed by atoms with Crippen molar-refractivity contribution in [3.8, 4) is 0 Å². The summed E-state index contributed by atoms with van der Waals surface area (Å²) in [7, 11) is 0. The minimum absolute atomic E-state index is 0.0639. The van der Waals surface area contributed by atoms with E-state index in [4.69, 9.17) is 0 Å². The van der Waals surface area contributed by atoms with Crippen molar-refractivity contribution in [2.75, 3.05) is 6.54 Å². The van der Waals surface area contributed by atoms with Gasteiger partial charge in [-0.2, -0.15) is 0 Å². The summed E-state index contributed by atoms with van der Waals surface area (Å²) in [4.78, 5) is 27.3. The Morgan fingerprint density at radius 1 is 1.24 bits per heavy atom. The average molecular weight is 292 g/mol. The molecule has 2 amide bonds. The third-order valence-corrected chi connectivity index (χ3v) is 5.55. The number of hydrogen-bond acceptors (Lipinski definition) is 2. The molecule has 0 aromatic heterocycles. The largest absolute Gasteiger partial charge is 0.342 e. The lowest BCUT2D eigenvalue weighted by atomic mass is 9.80. The number of carbonyl (C=O) groups is 2. The quantitative estimate of drug-likeness (QED) is 0.866. The Balaban J connectivity index is 1.81. The molecule has 0 bridgehead atoms. The summed E-state index contributed by atoms with van der Waals surface area (Å²) in [6.07, 6.45) is 10.2. The van der Waals surface area contributed by atoms with Crippen molar-refractivity contribution in [2.24, 2.45) is 5.92 Å². The Hall–Kier alpha value is -1.06. The Morgan fingerprint density at radius 2 is 1.95 bits per heavy atom. The normalized spacial score (nSPS) is 27.4. The number of rotatable bonds is 4. The molecule has 0 aromatic carbocycles. The van der Waals surface area contributed by atoms with Crippen LogP contribution in [0.3, 0.4) is 0 Å². The molecule has 1 unspecified atom stereocenters. The van der Waals surface area contributed by atoms with E-state index >= 15 is 0 Å². The Morgan fingerprint density at radius 3 is 2.57 bits per heavy atom. The van der Waals surface area contributed by atoms with Crippen molar-refractivity contribution < 1.29 is 9.59 Å².